The molecule has 5 heteroatoms. The molecule has 2 saturated heterocycles. The van der Waals surface area contributed by atoms with Gasteiger partial charge in [-0.2, -0.15) is 10.2 Å². The molecule has 2 atom stereocenters. The highest BCUT2D eigenvalue weighted by atomic mass is 16.2. The van der Waals surface area contributed by atoms with Gasteiger partial charge in [0.15, 0.2) is 5.66 Å². The summed E-state index contributed by atoms with van der Waals surface area (Å²) in [5, 5.41) is 8.26. The van der Waals surface area contributed by atoms with Crippen LogP contribution >= 0.6 is 0 Å². The van der Waals surface area contributed by atoms with Gasteiger partial charge >= 0.3 is 0 Å². The van der Waals surface area contributed by atoms with Crippen LogP contribution in [0.5, 0.6) is 0 Å². The van der Waals surface area contributed by atoms with Crippen molar-refractivity contribution in [2.45, 2.75) is 56.7 Å². The summed E-state index contributed by atoms with van der Waals surface area (Å²) in [6.45, 7) is 3.16. The summed E-state index contributed by atoms with van der Waals surface area (Å²) in [6.07, 6.45) is 11.6. The van der Waals surface area contributed by atoms with E-state index < -0.39 is 0 Å². The van der Waals surface area contributed by atoms with Gasteiger partial charge in [0.2, 0.25) is 5.91 Å². The van der Waals surface area contributed by atoms with E-state index in [-0.39, 0.29) is 11.6 Å². The molecule has 0 spiro atoms. The molecule has 2 fully saturated rings. The lowest BCUT2D eigenvalue weighted by Gasteiger charge is -2.46. The van der Waals surface area contributed by atoms with Crippen LogP contribution in [-0.4, -0.2) is 54.1 Å². The molecule has 22 heavy (non-hydrogen) atoms. The minimum Gasteiger partial charge on any atom is -0.339 e. The fraction of sp³-hybridized carbons (Fsp3) is 0.824. The maximum absolute atomic E-state index is 12.7. The number of likely N-dealkylation sites (tertiary alicyclic amines) is 2. The third-order valence-corrected chi connectivity index (χ3v) is 5.38. The van der Waals surface area contributed by atoms with Gasteiger partial charge in [-0.05, 0) is 38.8 Å². The van der Waals surface area contributed by atoms with Crippen LogP contribution < -0.4 is 0 Å². The van der Waals surface area contributed by atoms with Gasteiger partial charge < -0.3 is 9.80 Å². The Balaban J connectivity index is 1.52. The second-order valence-electron chi connectivity index (χ2n) is 6.99. The van der Waals surface area contributed by atoms with Gasteiger partial charge in [0.25, 0.3) is 0 Å². The Hall–Kier alpha value is -1.41. The topological polar surface area (TPSA) is 48.3 Å². The molecule has 120 valence electrons. The van der Waals surface area contributed by atoms with E-state index in [1.54, 1.807) is 0 Å². The maximum atomic E-state index is 12.7. The third kappa shape index (κ3) is 3.33. The molecule has 0 aromatic rings. The van der Waals surface area contributed by atoms with Crippen LogP contribution in [0.1, 0.15) is 44.9 Å². The van der Waals surface area contributed by atoms with E-state index >= 15 is 0 Å². The first kappa shape index (κ1) is 15.5. The number of hydrogen-bond donors (Lipinski definition) is 0. The van der Waals surface area contributed by atoms with Crippen molar-refractivity contribution >= 4 is 5.91 Å². The van der Waals surface area contributed by atoms with Crippen LogP contribution in [0, 0.1) is 18.3 Å². The molecule has 3 rings (SSSR count). The molecule has 0 aromatic heterocycles. The Kier molecular flexibility index (Phi) is 4.49. The first-order chi connectivity index (χ1) is 10.6. The monoisotopic (exact) mass is 302 g/mol. The smallest absolute Gasteiger partial charge is 0.222 e. The zero-order chi connectivity index (χ0) is 15.6. The highest BCUT2D eigenvalue weighted by Gasteiger charge is 2.41. The first-order valence-corrected chi connectivity index (χ1v) is 8.49. The van der Waals surface area contributed by atoms with Crippen LogP contribution in [0.4, 0.5) is 0 Å². The van der Waals surface area contributed by atoms with Crippen molar-refractivity contribution in [1.82, 2.24) is 9.80 Å². The van der Waals surface area contributed by atoms with Crippen molar-refractivity contribution in [1.29, 1.82) is 0 Å². The Morgan fingerprint density at radius 1 is 1.32 bits per heavy atom. The van der Waals surface area contributed by atoms with Crippen LogP contribution in [0.3, 0.4) is 0 Å². The van der Waals surface area contributed by atoms with Crippen molar-refractivity contribution in [3.8, 4) is 12.3 Å². The fourth-order valence-corrected chi connectivity index (χ4v) is 4.01. The van der Waals surface area contributed by atoms with Crippen molar-refractivity contribution in [3.05, 3.63) is 0 Å². The van der Waals surface area contributed by atoms with E-state index in [1.165, 1.54) is 6.42 Å². The van der Waals surface area contributed by atoms with Crippen LogP contribution in [0.25, 0.3) is 0 Å². The molecular formula is C17H26N4O. The average molecular weight is 302 g/mol. The Labute approximate surface area is 133 Å². The van der Waals surface area contributed by atoms with Crippen molar-refractivity contribution in [2.24, 2.45) is 16.1 Å². The lowest BCUT2D eigenvalue weighted by Crippen LogP contribution is -2.55. The predicted molar refractivity (Wildman–Crippen MR) is 85.2 cm³/mol. The average Bonchev–Trinajstić information content (AvgIpc) is 3.30. The number of piperidine rings is 2. The number of fused-ring (bicyclic) bond motifs is 1. The Bertz CT molecular complexity index is 489. The molecule has 1 amide bonds. The summed E-state index contributed by atoms with van der Waals surface area (Å²) in [5.41, 5.74) is -0.329. The molecule has 3 aliphatic heterocycles. The van der Waals surface area contributed by atoms with Crippen molar-refractivity contribution < 1.29 is 4.79 Å². The lowest BCUT2D eigenvalue weighted by molar-refractivity contribution is -0.138. The quantitative estimate of drug-likeness (QED) is 0.732. The SMILES string of the molecule is C#CCCC1(CCC(=O)N2CCCC3CN(C)CCC32)N=N1. The zero-order valence-corrected chi connectivity index (χ0v) is 13.5. The van der Waals surface area contributed by atoms with E-state index in [9.17, 15) is 4.79 Å². The molecular weight excluding hydrogens is 276 g/mol. The summed E-state index contributed by atoms with van der Waals surface area (Å²) >= 11 is 0. The first-order valence-electron chi connectivity index (χ1n) is 8.49. The van der Waals surface area contributed by atoms with Gasteiger partial charge in [-0.15, -0.1) is 12.3 Å². The summed E-state index contributed by atoms with van der Waals surface area (Å²) < 4.78 is 0. The van der Waals surface area contributed by atoms with E-state index in [2.05, 4.69) is 33.0 Å². The molecule has 0 aliphatic carbocycles. The van der Waals surface area contributed by atoms with E-state index in [1.807, 2.05) is 0 Å². The summed E-state index contributed by atoms with van der Waals surface area (Å²) in [4.78, 5) is 17.2. The number of terminal acetylenes is 1. The molecule has 3 aliphatic rings. The summed E-state index contributed by atoms with van der Waals surface area (Å²) in [6, 6.07) is 0.451. The van der Waals surface area contributed by atoms with E-state index in [0.29, 0.717) is 24.8 Å². The summed E-state index contributed by atoms with van der Waals surface area (Å²) in [5.74, 6) is 3.58. The molecule has 0 aromatic carbocycles. The molecule has 5 nitrogen and oxygen atoms in total. The van der Waals surface area contributed by atoms with Crippen LogP contribution in [-0.2, 0) is 4.79 Å². The Morgan fingerprint density at radius 3 is 2.86 bits per heavy atom. The second kappa shape index (κ2) is 6.37. The minimum atomic E-state index is -0.329. The van der Waals surface area contributed by atoms with Gasteiger partial charge in [0, 0.05) is 44.8 Å². The number of carbonyl (C=O) groups excluding carboxylic acids is 1. The molecule has 2 unspecified atom stereocenters. The highest BCUT2D eigenvalue weighted by molar-refractivity contribution is 5.76. The van der Waals surface area contributed by atoms with Gasteiger partial charge in [-0.3, -0.25) is 4.79 Å². The number of nitrogens with zero attached hydrogens (tertiary/aromatic N) is 4. The number of amides is 1. The van der Waals surface area contributed by atoms with Crippen molar-refractivity contribution in [3.63, 3.8) is 0 Å². The standard InChI is InChI=1S/C17H26N4O/c1-3-4-9-17(18-19-17)10-7-16(22)21-11-5-6-14-13-20(2)12-8-15(14)21/h1,14-15H,4-13H2,2H3. The largest absolute Gasteiger partial charge is 0.339 e. The zero-order valence-electron chi connectivity index (χ0n) is 13.5. The second-order valence-corrected chi connectivity index (χ2v) is 6.99. The van der Waals surface area contributed by atoms with Crippen LogP contribution in [0.15, 0.2) is 10.2 Å². The normalized spacial score (nSPS) is 29.7. The van der Waals surface area contributed by atoms with Gasteiger partial charge in [-0.1, -0.05) is 0 Å². The maximum Gasteiger partial charge on any atom is 0.222 e. The van der Waals surface area contributed by atoms with Gasteiger partial charge in [0.1, 0.15) is 0 Å². The molecule has 0 saturated carbocycles. The van der Waals surface area contributed by atoms with E-state index in [0.717, 1.165) is 45.3 Å². The number of rotatable bonds is 5. The minimum absolute atomic E-state index is 0.289. The Morgan fingerprint density at radius 2 is 2.14 bits per heavy atom. The van der Waals surface area contributed by atoms with Gasteiger partial charge in [-0.25, -0.2) is 0 Å². The fourth-order valence-electron chi connectivity index (χ4n) is 4.01. The number of carbonyl (C=O) groups is 1. The van der Waals surface area contributed by atoms with Gasteiger partial charge in [0.05, 0.1) is 0 Å². The van der Waals surface area contributed by atoms with Crippen molar-refractivity contribution in [2.75, 3.05) is 26.7 Å². The molecule has 0 N–H and O–H groups in total. The lowest BCUT2D eigenvalue weighted by atomic mass is 9.83. The third-order valence-electron chi connectivity index (χ3n) is 5.38. The summed E-state index contributed by atoms with van der Waals surface area (Å²) in [7, 11) is 2.18. The molecule has 0 bridgehead atoms. The van der Waals surface area contributed by atoms with E-state index in [4.69, 9.17) is 6.42 Å². The predicted octanol–water partition coefficient (Wildman–Crippen LogP) is 2.28. The molecule has 0 radical (unpaired) electrons. The highest BCUT2D eigenvalue weighted by Crippen LogP contribution is 2.38. The number of hydrogen-bond acceptors (Lipinski definition) is 4. The van der Waals surface area contributed by atoms with Crippen LogP contribution in [0.2, 0.25) is 0 Å². The molecule has 3 heterocycles.